The molecule has 0 saturated carbocycles. The highest BCUT2D eigenvalue weighted by atomic mass is 16.5. The maximum absolute atomic E-state index is 5.85. The molecule has 0 N–H and O–H groups in total. The number of benzene rings is 2. The van der Waals surface area contributed by atoms with Gasteiger partial charge in [-0.25, -0.2) is 4.98 Å². The van der Waals surface area contributed by atoms with Crippen LogP contribution in [-0.4, -0.2) is 47.6 Å². The lowest BCUT2D eigenvalue weighted by Crippen LogP contribution is -2.45. The fraction of sp³-hybridized carbons (Fsp3) is 0.381. The van der Waals surface area contributed by atoms with Crippen LogP contribution in [0.4, 0.5) is 0 Å². The van der Waals surface area contributed by atoms with Crippen molar-refractivity contribution >= 4 is 11.1 Å². The van der Waals surface area contributed by atoms with E-state index in [1.54, 1.807) is 0 Å². The fourth-order valence-corrected chi connectivity index (χ4v) is 3.40. The molecule has 1 fully saturated rings. The first-order chi connectivity index (χ1) is 12.8. The van der Waals surface area contributed by atoms with E-state index in [0.29, 0.717) is 6.61 Å². The molecule has 2 aromatic carbocycles. The van der Waals surface area contributed by atoms with Crippen LogP contribution in [0.5, 0.6) is 5.75 Å². The number of piperazine rings is 1. The highest BCUT2D eigenvalue weighted by molar-refractivity contribution is 5.72. The number of nitrogens with zero attached hydrogens (tertiary/aromatic N) is 3. The van der Waals surface area contributed by atoms with E-state index in [4.69, 9.17) is 9.15 Å². The minimum Gasteiger partial charge on any atom is -0.494 e. The van der Waals surface area contributed by atoms with Gasteiger partial charge in [-0.05, 0) is 36.8 Å². The highest BCUT2D eigenvalue weighted by Gasteiger charge is 2.19. The van der Waals surface area contributed by atoms with Crippen molar-refractivity contribution in [2.75, 3.05) is 32.8 Å². The summed E-state index contributed by atoms with van der Waals surface area (Å²) in [4.78, 5) is 9.50. The van der Waals surface area contributed by atoms with Gasteiger partial charge in [-0.3, -0.25) is 9.80 Å². The van der Waals surface area contributed by atoms with Gasteiger partial charge in [-0.2, -0.15) is 0 Å². The van der Waals surface area contributed by atoms with E-state index in [0.717, 1.165) is 62.0 Å². The summed E-state index contributed by atoms with van der Waals surface area (Å²) in [5.41, 5.74) is 3.15. The summed E-state index contributed by atoms with van der Waals surface area (Å²) in [7, 11) is 0. The maximum atomic E-state index is 5.85. The molecule has 4 rings (SSSR count). The fourth-order valence-electron chi connectivity index (χ4n) is 3.40. The lowest BCUT2D eigenvalue weighted by Gasteiger charge is -2.34. The van der Waals surface area contributed by atoms with Crippen molar-refractivity contribution in [2.45, 2.75) is 20.0 Å². The van der Waals surface area contributed by atoms with Gasteiger partial charge in [0.15, 0.2) is 5.58 Å². The Kier molecular flexibility index (Phi) is 5.18. The average molecular weight is 351 g/mol. The van der Waals surface area contributed by atoms with Crippen molar-refractivity contribution in [3.05, 3.63) is 60.0 Å². The Morgan fingerprint density at radius 3 is 2.31 bits per heavy atom. The van der Waals surface area contributed by atoms with Crippen LogP contribution in [0.2, 0.25) is 0 Å². The summed E-state index contributed by atoms with van der Waals surface area (Å²) in [5, 5.41) is 0. The Labute approximate surface area is 154 Å². The SMILES string of the molecule is CCOc1ccc(CN2CCN(Cc3nc4ccccc4o3)CC2)cc1. The summed E-state index contributed by atoms with van der Waals surface area (Å²) in [6, 6.07) is 16.4. The van der Waals surface area contributed by atoms with Gasteiger partial charge in [0.1, 0.15) is 11.3 Å². The highest BCUT2D eigenvalue weighted by Crippen LogP contribution is 2.18. The molecule has 5 nitrogen and oxygen atoms in total. The van der Waals surface area contributed by atoms with Gasteiger partial charge in [0.2, 0.25) is 5.89 Å². The van der Waals surface area contributed by atoms with Gasteiger partial charge >= 0.3 is 0 Å². The van der Waals surface area contributed by atoms with Crippen LogP contribution < -0.4 is 4.74 Å². The number of oxazole rings is 1. The maximum Gasteiger partial charge on any atom is 0.209 e. The Bertz CT molecular complexity index is 803. The standard InChI is InChI=1S/C21H25N3O2/c1-2-25-18-9-7-17(8-10-18)15-23-11-13-24(14-12-23)16-21-22-19-5-3-4-6-20(19)26-21/h3-10H,2,11-16H2,1H3. The summed E-state index contributed by atoms with van der Waals surface area (Å²) < 4.78 is 11.4. The molecule has 1 saturated heterocycles. The summed E-state index contributed by atoms with van der Waals surface area (Å²) in [6.45, 7) is 8.69. The molecule has 0 spiro atoms. The summed E-state index contributed by atoms with van der Waals surface area (Å²) in [5.74, 6) is 1.76. The third-order valence-corrected chi connectivity index (χ3v) is 4.80. The van der Waals surface area contributed by atoms with Gasteiger partial charge in [0.25, 0.3) is 0 Å². The van der Waals surface area contributed by atoms with Gasteiger partial charge in [-0.15, -0.1) is 0 Å². The molecule has 0 aliphatic carbocycles. The molecule has 0 bridgehead atoms. The van der Waals surface area contributed by atoms with Crippen LogP contribution in [-0.2, 0) is 13.1 Å². The normalized spacial score (nSPS) is 16.2. The molecule has 2 heterocycles. The zero-order chi connectivity index (χ0) is 17.8. The van der Waals surface area contributed by atoms with Crippen LogP contribution in [0.1, 0.15) is 18.4 Å². The van der Waals surface area contributed by atoms with Crippen molar-refractivity contribution in [1.29, 1.82) is 0 Å². The molecule has 0 unspecified atom stereocenters. The van der Waals surface area contributed by atoms with E-state index in [9.17, 15) is 0 Å². The van der Waals surface area contributed by atoms with Gasteiger partial charge in [-0.1, -0.05) is 24.3 Å². The van der Waals surface area contributed by atoms with E-state index < -0.39 is 0 Å². The number of fused-ring (bicyclic) bond motifs is 1. The number of hydrogen-bond donors (Lipinski definition) is 0. The minimum atomic E-state index is 0.710. The van der Waals surface area contributed by atoms with E-state index in [2.05, 4.69) is 39.0 Å². The molecule has 0 radical (unpaired) electrons. The third kappa shape index (κ3) is 4.06. The lowest BCUT2D eigenvalue weighted by atomic mass is 10.2. The van der Waals surface area contributed by atoms with Crippen molar-refractivity contribution < 1.29 is 9.15 Å². The number of rotatable bonds is 6. The van der Waals surface area contributed by atoms with Crippen LogP contribution >= 0.6 is 0 Å². The average Bonchev–Trinajstić information content (AvgIpc) is 3.07. The second kappa shape index (κ2) is 7.89. The molecule has 136 valence electrons. The molecule has 0 amide bonds. The predicted octanol–water partition coefficient (Wildman–Crippen LogP) is 3.54. The molecule has 26 heavy (non-hydrogen) atoms. The Hall–Kier alpha value is -2.37. The zero-order valence-electron chi connectivity index (χ0n) is 15.2. The van der Waals surface area contributed by atoms with E-state index in [1.807, 2.05) is 31.2 Å². The number of hydrogen-bond acceptors (Lipinski definition) is 5. The molecule has 1 aliphatic rings. The van der Waals surface area contributed by atoms with E-state index in [1.165, 1.54) is 5.56 Å². The molecular formula is C21H25N3O2. The monoisotopic (exact) mass is 351 g/mol. The molecule has 1 aromatic heterocycles. The van der Waals surface area contributed by atoms with Crippen molar-refractivity contribution in [3.8, 4) is 5.75 Å². The Balaban J connectivity index is 1.28. The van der Waals surface area contributed by atoms with Gasteiger partial charge in [0, 0.05) is 32.7 Å². The third-order valence-electron chi connectivity index (χ3n) is 4.80. The smallest absolute Gasteiger partial charge is 0.209 e. The van der Waals surface area contributed by atoms with Crippen LogP contribution in [0, 0.1) is 0 Å². The number of para-hydroxylation sites is 2. The van der Waals surface area contributed by atoms with Crippen LogP contribution in [0.15, 0.2) is 52.9 Å². The van der Waals surface area contributed by atoms with E-state index >= 15 is 0 Å². The van der Waals surface area contributed by atoms with Crippen molar-refractivity contribution in [2.24, 2.45) is 0 Å². The summed E-state index contributed by atoms with van der Waals surface area (Å²) >= 11 is 0. The van der Waals surface area contributed by atoms with E-state index in [-0.39, 0.29) is 0 Å². The first-order valence-electron chi connectivity index (χ1n) is 9.31. The molecule has 5 heteroatoms. The Morgan fingerprint density at radius 1 is 0.923 bits per heavy atom. The number of ether oxygens (including phenoxy) is 1. The second-order valence-electron chi connectivity index (χ2n) is 6.70. The Morgan fingerprint density at radius 2 is 1.62 bits per heavy atom. The first kappa shape index (κ1) is 17.1. The molecule has 1 aliphatic heterocycles. The molecule has 0 atom stereocenters. The van der Waals surface area contributed by atoms with Gasteiger partial charge < -0.3 is 9.15 Å². The molecular weight excluding hydrogens is 326 g/mol. The number of aromatic nitrogens is 1. The van der Waals surface area contributed by atoms with Gasteiger partial charge in [0.05, 0.1) is 13.2 Å². The first-order valence-corrected chi connectivity index (χ1v) is 9.31. The minimum absolute atomic E-state index is 0.710. The van der Waals surface area contributed by atoms with Crippen LogP contribution in [0.3, 0.4) is 0 Å². The van der Waals surface area contributed by atoms with Crippen LogP contribution in [0.25, 0.3) is 11.1 Å². The quantitative estimate of drug-likeness (QED) is 0.679. The molecule has 3 aromatic rings. The topological polar surface area (TPSA) is 41.7 Å². The van der Waals surface area contributed by atoms with Crippen molar-refractivity contribution in [3.63, 3.8) is 0 Å². The zero-order valence-corrected chi connectivity index (χ0v) is 15.2. The predicted molar refractivity (Wildman–Crippen MR) is 102 cm³/mol. The summed E-state index contributed by atoms with van der Waals surface area (Å²) in [6.07, 6.45) is 0. The van der Waals surface area contributed by atoms with Crippen molar-refractivity contribution in [1.82, 2.24) is 14.8 Å². The second-order valence-corrected chi connectivity index (χ2v) is 6.70. The largest absolute Gasteiger partial charge is 0.494 e. The lowest BCUT2D eigenvalue weighted by molar-refractivity contribution is 0.115.